The Morgan fingerprint density at radius 1 is 1.25 bits per heavy atom. The molecule has 0 unspecified atom stereocenters. The summed E-state index contributed by atoms with van der Waals surface area (Å²) in [7, 11) is 0. The molecule has 3 N–H and O–H groups in total. The second-order valence-electron chi connectivity index (χ2n) is 2.51. The number of benzene rings is 1. The van der Waals surface area contributed by atoms with Gasteiger partial charge in [0.2, 0.25) is 6.29 Å². The van der Waals surface area contributed by atoms with Crippen molar-refractivity contribution < 1.29 is 10.2 Å². The highest BCUT2D eigenvalue weighted by atomic mass is 16.5. The van der Waals surface area contributed by atoms with Crippen molar-refractivity contribution in [1.29, 1.82) is 0 Å². The standard InChI is InChI=1S/C8H8N2O2/c11-8(12)7-9-5-3-1-2-4-6(5)10-7/h1-4,8,11-12H,(H,9,10). The number of aromatic amines is 1. The Bertz CT molecular complexity index is 362. The van der Waals surface area contributed by atoms with Crippen LogP contribution in [0.15, 0.2) is 24.3 Å². The van der Waals surface area contributed by atoms with Crippen LogP contribution in [-0.2, 0) is 0 Å². The van der Waals surface area contributed by atoms with E-state index < -0.39 is 6.29 Å². The number of fused-ring (bicyclic) bond motifs is 1. The second-order valence-corrected chi connectivity index (χ2v) is 2.51. The van der Waals surface area contributed by atoms with Crippen molar-refractivity contribution in [2.45, 2.75) is 6.29 Å². The van der Waals surface area contributed by atoms with Gasteiger partial charge in [-0.2, -0.15) is 0 Å². The van der Waals surface area contributed by atoms with Gasteiger partial charge in [-0.15, -0.1) is 0 Å². The van der Waals surface area contributed by atoms with E-state index in [-0.39, 0.29) is 5.82 Å². The molecule has 0 saturated carbocycles. The lowest BCUT2D eigenvalue weighted by Gasteiger charge is -1.94. The number of imidazole rings is 1. The van der Waals surface area contributed by atoms with Crippen molar-refractivity contribution in [2.75, 3.05) is 0 Å². The Balaban J connectivity index is 2.62. The highest BCUT2D eigenvalue weighted by molar-refractivity contribution is 5.74. The Labute approximate surface area is 68.5 Å². The van der Waals surface area contributed by atoms with Crippen molar-refractivity contribution in [3.05, 3.63) is 30.1 Å². The third-order valence-corrected chi connectivity index (χ3v) is 1.65. The molecular weight excluding hydrogens is 156 g/mol. The van der Waals surface area contributed by atoms with Crippen molar-refractivity contribution in [2.24, 2.45) is 0 Å². The minimum atomic E-state index is -1.53. The molecule has 0 spiro atoms. The van der Waals surface area contributed by atoms with Crippen LogP contribution in [0.2, 0.25) is 0 Å². The quantitative estimate of drug-likeness (QED) is 0.539. The molecule has 62 valence electrons. The van der Waals surface area contributed by atoms with Gasteiger partial charge in [0.1, 0.15) is 0 Å². The van der Waals surface area contributed by atoms with Gasteiger partial charge in [-0.3, -0.25) is 0 Å². The molecule has 4 nitrogen and oxygen atoms in total. The van der Waals surface area contributed by atoms with E-state index in [4.69, 9.17) is 10.2 Å². The Hall–Kier alpha value is -1.39. The van der Waals surface area contributed by atoms with Gasteiger partial charge < -0.3 is 15.2 Å². The minimum absolute atomic E-state index is 0.177. The van der Waals surface area contributed by atoms with Crippen LogP contribution in [-0.4, -0.2) is 20.2 Å². The van der Waals surface area contributed by atoms with Crippen LogP contribution in [0.1, 0.15) is 12.1 Å². The van der Waals surface area contributed by atoms with E-state index >= 15 is 0 Å². The van der Waals surface area contributed by atoms with Gasteiger partial charge in [-0.05, 0) is 12.1 Å². The molecule has 0 atom stereocenters. The fourth-order valence-corrected chi connectivity index (χ4v) is 1.09. The molecule has 0 aliphatic rings. The number of aliphatic hydroxyl groups is 2. The normalized spacial score (nSPS) is 11.2. The van der Waals surface area contributed by atoms with Gasteiger partial charge in [0.25, 0.3) is 0 Å². The van der Waals surface area contributed by atoms with Gasteiger partial charge >= 0.3 is 0 Å². The summed E-state index contributed by atoms with van der Waals surface area (Å²) in [5, 5.41) is 17.6. The molecule has 0 saturated heterocycles. The molecule has 2 rings (SSSR count). The Morgan fingerprint density at radius 2 is 2.00 bits per heavy atom. The number of aromatic nitrogens is 2. The maximum Gasteiger partial charge on any atom is 0.212 e. The van der Waals surface area contributed by atoms with Gasteiger partial charge in [0.05, 0.1) is 11.0 Å². The van der Waals surface area contributed by atoms with Gasteiger partial charge in [0, 0.05) is 0 Å². The molecule has 4 heteroatoms. The lowest BCUT2D eigenvalue weighted by atomic mass is 10.3. The van der Waals surface area contributed by atoms with E-state index in [0.29, 0.717) is 0 Å². The molecule has 2 aromatic rings. The zero-order valence-corrected chi connectivity index (χ0v) is 6.23. The second kappa shape index (κ2) is 2.58. The summed E-state index contributed by atoms with van der Waals surface area (Å²) in [5.74, 6) is 0.177. The van der Waals surface area contributed by atoms with Crippen LogP contribution >= 0.6 is 0 Å². The number of para-hydroxylation sites is 2. The first-order chi connectivity index (χ1) is 5.77. The van der Waals surface area contributed by atoms with Gasteiger partial charge in [-0.1, -0.05) is 12.1 Å². The maximum absolute atomic E-state index is 8.79. The topological polar surface area (TPSA) is 69.1 Å². The summed E-state index contributed by atoms with van der Waals surface area (Å²) in [5.41, 5.74) is 1.54. The maximum atomic E-state index is 8.79. The van der Waals surface area contributed by atoms with Crippen molar-refractivity contribution in [3.63, 3.8) is 0 Å². The number of hydrogen-bond donors (Lipinski definition) is 3. The molecule has 0 radical (unpaired) electrons. The smallest absolute Gasteiger partial charge is 0.212 e. The summed E-state index contributed by atoms with van der Waals surface area (Å²) < 4.78 is 0. The van der Waals surface area contributed by atoms with Crippen LogP contribution in [0.25, 0.3) is 11.0 Å². The van der Waals surface area contributed by atoms with E-state index in [1.54, 1.807) is 6.07 Å². The SMILES string of the molecule is OC(O)c1nc2ccccc2[nH]1. The third kappa shape index (κ3) is 1.07. The fourth-order valence-electron chi connectivity index (χ4n) is 1.09. The van der Waals surface area contributed by atoms with E-state index in [1.165, 1.54) is 0 Å². The molecule has 12 heavy (non-hydrogen) atoms. The molecule has 0 amide bonds. The zero-order chi connectivity index (χ0) is 8.55. The average molecular weight is 164 g/mol. The van der Waals surface area contributed by atoms with Crippen molar-refractivity contribution in [1.82, 2.24) is 9.97 Å². The lowest BCUT2D eigenvalue weighted by Crippen LogP contribution is -1.96. The predicted molar refractivity (Wildman–Crippen MR) is 43.3 cm³/mol. The molecule has 0 aliphatic carbocycles. The minimum Gasteiger partial charge on any atom is -0.362 e. The number of aliphatic hydroxyl groups excluding tert-OH is 1. The molecule has 1 aromatic heterocycles. The highest BCUT2D eigenvalue weighted by Crippen LogP contribution is 2.13. The third-order valence-electron chi connectivity index (χ3n) is 1.65. The Kier molecular flexibility index (Phi) is 1.56. The molecule has 1 heterocycles. The van der Waals surface area contributed by atoms with Crippen LogP contribution in [0.3, 0.4) is 0 Å². The van der Waals surface area contributed by atoms with Gasteiger partial charge in [0.15, 0.2) is 5.82 Å². The van der Waals surface area contributed by atoms with E-state index in [1.807, 2.05) is 18.2 Å². The molecule has 0 bridgehead atoms. The summed E-state index contributed by atoms with van der Waals surface area (Å²) in [6, 6.07) is 7.33. The van der Waals surface area contributed by atoms with E-state index in [2.05, 4.69) is 9.97 Å². The van der Waals surface area contributed by atoms with Gasteiger partial charge in [-0.25, -0.2) is 4.98 Å². The van der Waals surface area contributed by atoms with Crippen LogP contribution < -0.4 is 0 Å². The lowest BCUT2D eigenvalue weighted by molar-refractivity contribution is -0.0486. The number of nitrogens with one attached hydrogen (secondary N) is 1. The largest absolute Gasteiger partial charge is 0.362 e. The first-order valence-electron chi connectivity index (χ1n) is 3.58. The van der Waals surface area contributed by atoms with Crippen LogP contribution in [0.4, 0.5) is 0 Å². The first kappa shape index (κ1) is 7.27. The first-order valence-corrected chi connectivity index (χ1v) is 3.58. The van der Waals surface area contributed by atoms with Crippen molar-refractivity contribution in [3.8, 4) is 0 Å². The summed E-state index contributed by atoms with van der Waals surface area (Å²) in [6.45, 7) is 0. The molecule has 0 aliphatic heterocycles. The fraction of sp³-hybridized carbons (Fsp3) is 0.125. The van der Waals surface area contributed by atoms with E-state index in [9.17, 15) is 0 Å². The zero-order valence-electron chi connectivity index (χ0n) is 6.23. The average Bonchev–Trinajstić information content (AvgIpc) is 2.46. The number of nitrogens with zero attached hydrogens (tertiary/aromatic N) is 1. The Morgan fingerprint density at radius 3 is 2.67 bits per heavy atom. The monoisotopic (exact) mass is 164 g/mol. The summed E-state index contributed by atoms with van der Waals surface area (Å²) in [4.78, 5) is 6.74. The summed E-state index contributed by atoms with van der Waals surface area (Å²) >= 11 is 0. The summed E-state index contributed by atoms with van der Waals surface area (Å²) in [6.07, 6.45) is -1.53. The highest BCUT2D eigenvalue weighted by Gasteiger charge is 2.07. The number of H-pyrrole nitrogens is 1. The number of hydrogen-bond acceptors (Lipinski definition) is 3. The van der Waals surface area contributed by atoms with Crippen molar-refractivity contribution >= 4 is 11.0 Å². The molecule has 0 fully saturated rings. The number of rotatable bonds is 1. The molecule has 1 aromatic carbocycles. The van der Waals surface area contributed by atoms with Crippen LogP contribution in [0.5, 0.6) is 0 Å². The predicted octanol–water partition coefficient (Wildman–Crippen LogP) is 0.546. The molecular formula is C8H8N2O2. The van der Waals surface area contributed by atoms with E-state index in [0.717, 1.165) is 11.0 Å². The van der Waals surface area contributed by atoms with Crippen LogP contribution in [0, 0.1) is 0 Å².